The topological polar surface area (TPSA) is 235 Å². The van der Waals surface area contributed by atoms with Crippen LogP contribution in [0.1, 0.15) is 0 Å². The van der Waals surface area contributed by atoms with E-state index in [1.165, 1.54) is 72.8 Å². The van der Waals surface area contributed by atoms with Gasteiger partial charge in [-0.15, -0.1) is 13.0 Å². The summed E-state index contributed by atoms with van der Waals surface area (Å²) in [6.45, 7) is 0. The van der Waals surface area contributed by atoms with Crippen molar-refractivity contribution in [2.45, 2.75) is 44.8 Å². The monoisotopic (exact) mass is 1070 g/mol. The summed E-state index contributed by atoms with van der Waals surface area (Å²) in [5.41, 5.74) is -1.79. The molecule has 0 aliphatic heterocycles. The van der Waals surface area contributed by atoms with Crippen molar-refractivity contribution < 1.29 is 52.9 Å². The fraction of sp³-hybridized carbons (Fsp3) is 0. The average Bonchev–Trinajstić information content (AvgIpc) is 3.42. The van der Waals surface area contributed by atoms with Crippen molar-refractivity contribution in [3.8, 4) is 17.2 Å². The van der Waals surface area contributed by atoms with Gasteiger partial charge < -0.3 is 14.7 Å². The zero-order chi connectivity index (χ0) is 49.7. The number of sulfone groups is 3. The first-order valence-electron chi connectivity index (χ1n) is 20.8. The van der Waals surface area contributed by atoms with Crippen LogP contribution in [0.3, 0.4) is 0 Å². The number of benzene rings is 7. The summed E-state index contributed by atoms with van der Waals surface area (Å²) in [5.74, 6) is 0.913. The van der Waals surface area contributed by atoms with Crippen LogP contribution in [0, 0.1) is 0 Å². The third kappa shape index (κ3) is 9.99. The van der Waals surface area contributed by atoms with Crippen molar-refractivity contribution in [2.75, 3.05) is 0 Å². The smallest absolute Gasteiger partial charge is 0.226 e. The minimum atomic E-state index is -4.86. The zero-order valence-electron chi connectivity index (χ0n) is 36.4. The number of hydrogen-bond acceptors (Lipinski definition) is 21. The molecule has 10 aromatic rings. The molecule has 0 atom stereocenters. The molecule has 10 rings (SSSR count). The summed E-state index contributed by atoms with van der Waals surface area (Å²) in [6.07, 6.45) is 0. The Morgan fingerprint density at radius 3 is 0.833 bits per heavy atom. The van der Waals surface area contributed by atoms with Crippen LogP contribution in [0.2, 0.25) is 0 Å². The Morgan fingerprint density at radius 2 is 0.514 bits per heavy atom. The van der Waals surface area contributed by atoms with Crippen molar-refractivity contribution in [1.82, 2.24) is 29.9 Å². The summed E-state index contributed by atoms with van der Waals surface area (Å²) >= 11 is 1.56. The van der Waals surface area contributed by atoms with E-state index in [1.807, 2.05) is 0 Å². The molecule has 3 aromatic heterocycles. The lowest BCUT2D eigenvalue weighted by molar-refractivity contribution is -0.0794. The summed E-state index contributed by atoms with van der Waals surface area (Å²) in [4.78, 5) is 44.0. The van der Waals surface area contributed by atoms with Gasteiger partial charge in [-0.1, -0.05) is 109 Å². The van der Waals surface area contributed by atoms with Gasteiger partial charge in [0.05, 0.1) is 14.7 Å². The first kappa shape index (κ1) is 48.4. The molecule has 0 N–H and O–H groups in total. The molecule has 0 fully saturated rings. The Hall–Kier alpha value is -7.26. The van der Waals surface area contributed by atoms with Crippen LogP contribution in [0.4, 0.5) is 0 Å². The second-order valence-corrected chi connectivity index (χ2v) is 22.3. The molecule has 0 aliphatic rings. The van der Waals surface area contributed by atoms with E-state index < -0.39 is 50.1 Å². The second-order valence-electron chi connectivity index (χ2n) is 14.7. The average molecular weight is 1080 g/mol. The highest BCUT2D eigenvalue weighted by Crippen LogP contribution is 2.41. The van der Waals surface area contributed by atoms with Gasteiger partial charge in [0, 0.05) is 0 Å². The number of hydrogen-bond donors (Lipinski definition) is 0. The van der Waals surface area contributed by atoms with Crippen molar-refractivity contribution in [3.63, 3.8) is 0 Å². The van der Waals surface area contributed by atoms with Crippen molar-refractivity contribution >= 4 is 98.7 Å². The van der Waals surface area contributed by atoms with Crippen LogP contribution in [0.15, 0.2) is 227 Å². The van der Waals surface area contributed by atoms with Gasteiger partial charge in [-0.05, 0) is 72.8 Å². The number of aromatic nitrogens is 6. The lowest BCUT2D eigenvalue weighted by atomic mass is 10.2. The fourth-order valence-electron chi connectivity index (χ4n) is 6.72. The molecule has 0 amide bonds. The standard InChI is InChI=1S/C48H30N6O12S6/c55-70(56,34-25-13-4-14-26-34)46-45(69-66-63-33-23-11-3-12-24-33)51-39-37-38(50-44(68-65-62-32-21-9-2-10-22-32)43(49-37)67-64-61-31-19-7-1-8-20-31)41-42(40(39)52-46)54-48(72(59,60)36-29-17-6-18-30-36)47(53-41)71(57,58)35-27-15-5-16-28-35/h1-30H. The Kier molecular flexibility index (Phi) is 14.0. The molecular weight excluding hydrogens is 1040 g/mol. The maximum atomic E-state index is 14.8. The van der Waals surface area contributed by atoms with Gasteiger partial charge in [-0.2, -0.15) is 0 Å². The third-order valence-corrected chi connectivity index (χ3v) is 17.2. The van der Waals surface area contributed by atoms with Gasteiger partial charge >= 0.3 is 0 Å². The minimum absolute atomic E-state index is 0.0465. The summed E-state index contributed by atoms with van der Waals surface area (Å²) in [5, 5.41) is -3.14. The lowest BCUT2D eigenvalue weighted by Crippen LogP contribution is -2.16. The Bertz CT molecular complexity index is 3920. The number of nitrogens with zero attached hydrogens (tertiary/aromatic N) is 6. The fourth-order valence-corrected chi connectivity index (χ4v) is 13.0. The van der Waals surface area contributed by atoms with Gasteiger partial charge in [0.1, 0.15) is 69.2 Å². The SMILES string of the molecule is O=S(=O)(c1ccccc1)c1nc2c(nc1SOOc1ccccc1)c1nc(SOOc3ccccc3)c(SOOc3ccccc3)nc1c1nc(S(=O)(=O)c3ccccc3)c(S(=O)(=O)c3ccccc3)nc21. The van der Waals surface area contributed by atoms with E-state index in [-0.39, 0.29) is 63.1 Å². The summed E-state index contributed by atoms with van der Waals surface area (Å²) in [7, 11) is -14.3. The predicted octanol–water partition coefficient (Wildman–Crippen LogP) is 10.1. The van der Waals surface area contributed by atoms with E-state index >= 15 is 0 Å². The van der Waals surface area contributed by atoms with Gasteiger partial charge in [-0.25, -0.2) is 55.2 Å². The van der Waals surface area contributed by atoms with Crippen molar-refractivity contribution in [1.29, 1.82) is 0 Å². The highest BCUT2D eigenvalue weighted by Gasteiger charge is 2.36. The second kappa shape index (κ2) is 20.8. The van der Waals surface area contributed by atoms with E-state index in [4.69, 9.17) is 42.6 Å². The third-order valence-electron chi connectivity index (χ3n) is 10.1. The molecule has 360 valence electrons. The van der Waals surface area contributed by atoms with Crippen molar-refractivity contribution in [2.24, 2.45) is 0 Å². The minimum Gasteiger partial charge on any atom is -0.325 e. The maximum Gasteiger partial charge on any atom is 0.226 e. The van der Waals surface area contributed by atoms with Crippen LogP contribution in [0.25, 0.3) is 33.1 Å². The van der Waals surface area contributed by atoms with E-state index in [0.29, 0.717) is 47.6 Å². The van der Waals surface area contributed by atoms with Crippen LogP contribution < -0.4 is 14.7 Å². The molecule has 0 unspecified atom stereocenters. The molecule has 3 heterocycles. The molecule has 0 radical (unpaired) electrons. The van der Waals surface area contributed by atoms with E-state index in [0.717, 1.165) is 0 Å². The molecule has 0 spiro atoms. The van der Waals surface area contributed by atoms with Crippen LogP contribution in [0.5, 0.6) is 17.2 Å². The van der Waals surface area contributed by atoms with E-state index in [1.54, 1.807) is 109 Å². The molecule has 0 saturated carbocycles. The Balaban J connectivity index is 1.28. The van der Waals surface area contributed by atoms with E-state index in [2.05, 4.69) is 15.0 Å². The van der Waals surface area contributed by atoms with Crippen LogP contribution in [-0.2, 0) is 42.5 Å². The number of para-hydroxylation sites is 3. The van der Waals surface area contributed by atoms with Gasteiger partial charge in [0.2, 0.25) is 29.5 Å². The van der Waals surface area contributed by atoms with Crippen LogP contribution in [-0.4, -0.2) is 55.2 Å². The molecule has 0 bridgehead atoms. The molecule has 72 heavy (non-hydrogen) atoms. The zero-order valence-corrected chi connectivity index (χ0v) is 41.3. The molecule has 0 saturated heterocycles. The molecule has 18 nitrogen and oxygen atoms in total. The van der Waals surface area contributed by atoms with Crippen molar-refractivity contribution in [3.05, 3.63) is 182 Å². The predicted molar refractivity (Wildman–Crippen MR) is 263 cm³/mol. The Labute approximate surface area is 422 Å². The molecule has 7 aromatic carbocycles. The maximum absolute atomic E-state index is 14.8. The molecular formula is C48H30N6O12S6. The number of rotatable bonds is 18. The first-order valence-corrected chi connectivity index (χ1v) is 27.5. The quantitative estimate of drug-likeness (QED) is 0.0336. The van der Waals surface area contributed by atoms with Crippen LogP contribution >= 0.6 is 36.1 Å². The largest absolute Gasteiger partial charge is 0.325 e. The number of fused-ring (bicyclic) bond motifs is 6. The Morgan fingerprint density at radius 1 is 0.278 bits per heavy atom. The van der Waals surface area contributed by atoms with E-state index in [9.17, 15) is 25.3 Å². The highest BCUT2D eigenvalue weighted by atomic mass is 32.2. The summed E-state index contributed by atoms with van der Waals surface area (Å²) in [6, 6.07) is 46.7. The normalized spacial score (nSPS) is 12.0. The lowest BCUT2D eigenvalue weighted by Gasteiger charge is -2.16. The summed E-state index contributed by atoms with van der Waals surface area (Å²) < 4.78 is 105. The van der Waals surface area contributed by atoms with Gasteiger partial charge in [0.25, 0.3) is 0 Å². The van der Waals surface area contributed by atoms with Gasteiger partial charge in [-0.3, -0.25) is 0 Å². The first-order chi connectivity index (χ1) is 35.0. The highest BCUT2D eigenvalue weighted by molar-refractivity contribution is 7.97. The van der Waals surface area contributed by atoms with Gasteiger partial charge in [0.15, 0.2) is 47.4 Å². The molecule has 0 aliphatic carbocycles. The molecule has 24 heteroatoms.